The van der Waals surface area contributed by atoms with Crippen LogP contribution in [0.2, 0.25) is 0 Å². The number of rotatable bonds is 6. The molecule has 2 N–H and O–H groups in total. The molecule has 0 saturated heterocycles. The molecule has 34 heavy (non-hydrogen) atoms. The van der Waals surface area contributed by atoms with Crippen LogP contribution in [0.4, 0.5) is 0 Å². The van der Waals surface area contributed by atoms with E-state index in [0.717, 1.165) is 41.2 Å². The Labute approximate surface area is 198 Å². The molecule has 7 nitrogen and oxygen atoms in total. The van der Waals surface area contributed by atoms with Crippen molar-refractivity contribution in [2.45, 2.75) is 38.1 Å². The van der Waals surface area contributed by atoms with Crippen LogP contribution in [0.3, 0.4) is 0 Å². The Hall–Kier alpha value is -3.86. The van der Waals surface area contributed by atoms with E-state index in [1.807, 2.05) is 48.8 Å². The number of aliphatic hydroxyl groups is 2. The van der Waals surface area contributed by atoms with E-state index in [2.05, 4.69) is 38.5 Å². The maximum absolute atomic E-state index is 9.86. The molecular weight excluding hydrogens is 428 g/mol. The van der Waals surface area contributed by atoms with Crippen LogP contribution in [0.25, 0.3) is 11.1 Å². The summed E-state index contributed by atoms with van der Waals surface area (Å²) in [4.78, 5) is 8.55. The Morgan fingerprint density at radius 1 is 1.03 bits per heavy atom. The smallest absolute Gasteiger partial charge is 0.158 e. The first-order valence-corrected chi connectivity index (χ1v) is 11.3. The van der Waals surface area contributed by atoms with Gasteiger partial charge in [-0.1, -0.05) is 36.1 Å². The molecule has 0 bridgehead atoms. The summed E-state index contributed by atoms with van der Waals surface area (Å²) in [7, 11) is 0. The van der Waals surface area contributed by atoms with E-state index in [4.69, 9.17) is 4.74 Å². The van der Waals surface area contributed by atoms with Gasteiger partial charge in [0.1, 0.15) is 29.5 Å². The van der Waals surface area contributed by atoms with Crippen LogP contribution in [-0.4, -0.2) is 35.9 Å². The van der Waals surface area contributed by atoms with Crippen molar-refractivity contribution in [2.75, 3.05) is 6.61 Å². The van der Waals surface area contributed by atoms with E-state index in [-0.39, 0.29) is 12.7 Å². The van der Waals surface area contributed by atoms with Crippen molar-refractivity contribution in [3.8, 4) is 28.7 Å². The van der Waals surface area contributed by atoms with Gasteiger partial charge in [0, 0.05) is 43.3 Å². The van der Waals surface area contributed by atoms with Crippen LogP contribution in [0, 0.1) is 11.8 Å². The van der Waals surface area contributed by atoms with Crippen LogP contribution >= 0.6 is 0 Å². The lowest BCUT2D eigenvalue weighted by Crippen LogP contribution is -2.15. The summed E-state index contributed by atoms with van der Waals surface area (Å²) in [6, 6.07) is 15.6. The number of aryl methyl sites for hydroxylation is 1. The van der Waals surface area contributed by atoms with E-state index in [1.54, 1.807) is 23.9 Å². The largest absolute Gasteiger partial charge is 0.482 e. The van der Waals surface area contributed by atoms with E-state index >= 15 is 0 Å². The van der Waals surface area contributed by atoms with Gasteiger partial charge in [-0.3, -0.25) is 0 Å². The van der Waals surface area contributed by atoms with E-state index in [1.165, 1.54) is 0 Å². The molecule has 0 radical (unpaired) electrons. The molecule has 1 aliphatic rings. The number of benzene rings is 2. The third-order valence-corrected chi connectivity index (χ3v) is 5.98. The minimum absolute atomic E-state index is 0.000413. The highest BCUT2D eigenvalue weighted by atomic mass is 16.5. The molecule has 1 aliphatic heterocycles. The zero-order chi connectivity index (χ0) is 23.5. The summed E-state index contributed by atoms with van der Waals surface area (Å²) in [6.45, 7) is 2.41. The van der Waals surface area contributed by atoms with Gasteiger partial charge in [0.05, 0.1) is 6.61 Å². The number of fused-ring (bicyclic) bond motifs is 1. The van der Waals surface area contributed by atoms with Gasteiger partial charge >= 0.3 is 0 Å². The lowest BCUT2D eigenvalue weighted by atomic mass is 10.0. The maximum atomic E-state index is 9.86. The first-order chi connectivity index (χ1) is 16.6. The molecule has 0 spiro atoms. The molecule has 0 aliphatic carbocycles. The molecular formula is C27H26N4O3. The molecule has 3 atom stereocenters. The lowest BCUT2D eigenvalue weighted by molar-refractivity contribution is 0.176. The van der Waals surface area contributed by atoms with Gasteiger partial charge < -0.3 is 24.1 Å². The van der Waals surface area contributed by atoms with E-state index in [0.29, 0.717) is 5.82 Å². The molecule has 2 aromatic carbocycles. The van der Waals surface area contributed by atoms with Gasteiger partial charge in [-0.25, -0.2) is 9.97 Å². The predicted molar refractivity (Wildman–Crippen MR) is 128 cm³/mol. The van der Waals surface area contributed by atoms with Crippen LogP contribution in [0.1, 0.15) is 48.8 Å². The molecule has 3 heterocycles. The third-order valence-electron chi connectivity index (χ3n) is 5.98. The molecule has 0 saturated carbocycles. The fourth-order valence-electron chi connectivity index (χ4n) is 4.21. The van der Waals surface area contributed by atoms with Gasteiger partial charge in [0.2, 0.25) is 0 Å². The van der Waals surface area contributed by atoms with Crippen molar-refractivity contribution in [3.05, 3.63) is 90.5 Å². The predicted octanol–water partition coefficient (Wildman–Crippen LogP) is 3.91. The normalized spacial score (nSPS) is 16.4. The van der Waals surface area contributed by atoms with Crippen LogP contribution in [0.15, 0.2) is 73.3 Å². The molecule has 0 unspecified atom stereocenters. The zero-order valence-corrected chi connectivity index (χ0v) is 18.9. The fraction of sp³-hybridized carbons (Fsp3) is 0.259. The molecule has 7 heteroatoms. The fourth-order valence-corrected chi connectivity index (χ4v) is 4.21. The molecule has 4 aromatic rings. The maximum Gasteiger partial charge on any atom is 0.158 e. The highest BCUT2D eigenvalue weighted by Crippen LogP contribution is 2.31. The lowest BCUT2D eigenvalue weighted by Gasteiger charge is -2.14. The van der Waals surface area contributed by atoms with Crippen molar-refractivity contribution in [3.63, 3.8) is 0 Å². The number of aliphatic hydroxyl groups excluding tert-OH is 2. The molecule has 0 fully saturated rings. The Balaban J connectivity index is 1.26. The molecule has 5 rings (SSSR count). The summed E-state index contributed by atoms with van der Waals surface area (Å²) < 4.78 is 9.98. The Morgan fingerprint density at radius 3 is 2.44 bits per heavy atom. The van der Waals surface area contributed by atoms with Gasteiger partial charge in [0.15, 0.2) is 6.10 Å². The van der Waals surface area contributed by atoms with Crippen LogP contribution in [-0.2, 0) is 6.54 Å². The number of nitrogens with zero attached hydrogens (tertiary/aromatic N) is 4. The highest BCUT2D eigenvalue weighted by molar-refractivity contribution is 5.65. The molecule has 0 amide bonds. The Morgan fingerprint density at radius 2 is 1.74 bits per heavy atom. The number of imidazole rings is 2. The van der Waals surface area contributed by atoms with Crippen molar-refractivity contribution in [1.29, 1.82) is 0 Å². The van der Waals surface area contributed by atoms with Gasteiger partial charge in [-0.15, -0.1) is 0 Å². The second-order valence-electron chi connectivity index (χ2n) is 8.31. The Bertz CT molecular complexity index is 1310. The number of hydrogen-bond acceptors (Lipinski definition) is 5. The zero-order valence-electron chi connectivity index (χ0n) is 18.9. The van der Waals surface area contributed by atoms with Gasteiger partial charge in [-0.2, -0.15) is 0 Å². The highest BCUT2D eigenvalue weighted by Gasteiger charge is 2.25. The van der Waals surface area contributed by atoms with Crippen molar-refractivity contribution in [1.82, 2.24) is 19.1 Å². The number of aromatic nitrogens is 4. The van der Waals surface area contributed by atoms with E-state index in [9.17, 15) is 10.2 Å². The standard InChI is InChI=1S/C27H26N4O3/c1-19(33)26-28-14-17-31(26)23(18-32)9-4-20-2-5-21(6-3-20)22-7-10-24(11-8-22)34-25-12-15-30-16-13-29-27(25)30/h2-3,5-8,10-11,13-14,16-17,19,23,25,32-33H,12,15,18H2,1H3/t19-,23-,25-/m0/s1. The molecule has 172 valence electrons. The first kappa shape index (κ1) is 22.0. The topological polar surface area (TPSA) is 85.3 Å². The summed E-state index contributed by atoms with van der Waals surface area (Å²) in [5, 5.41) is 19.6. The summed E-state index contributed by atoms with van der Waals surface area (Å²) in [5.41, 5.74) is 3.02. The molecule has 2 aromatic heterocycles. The van der Waals surface area contributed by atoms with Crippen molar-refractivity contribution >= 4 is 0 Å². The first-order valence-electron chi connectivity index (χ1n) is 11.3. The summed E-state index contributed by atoms with van der Waals surface area (Å²) in [6.07, 6.45) is 7.32. The van der Waals surface area contributed by atoms with Crippen molar-refractivity contribution in [2.24, 2.45) is 0 Å². The van der Waals surface area contributed by atoms with E-state index < -0.39 is 12.1 Å². The minimum atomic E-state index is -0.733. The van der Waals surface area contributed by atoms with Crippen LogP contribution < -0.4 is 4.74 Å². The Kier molecular flexibility index (Phi) is 6.17. The minimum Gasteiger partial charge on any atom is -0.482 e. The van der Waals surface area contributed by atoms with Gasteiger partial charge in [-0.05, 0) is 42.3 Å². The average molecular weight is 455 g/mol. The summed E-state index contributed by atoms with van der Waals surface area (Å²) in [5.74, 6) is 8.49. The monoisotopic (exact) mass is 454 g/mol. The summed E-state index contributed by atoms with van der Waals surface area (Å²) >= 11 is 0. The van der Waals surface area contributed by atoms with Gasteiger partial charge in [0.25, 0.3) is 0 Å². The number of hydrogen-bond donors (Lipinski definition) is 2. The average Bonchev–Trinajstić information content (AvgIpc) is 3.60. The second kappa shape index (κ2) is 9.56. The SMILES string of the molecule is C[C@H](O)c1nccn1[C@@H](C#Cc1ccc(-c2ccc(O[C@H]3CCn4ccnc43)cc2)cc1)CO. The number of ether oxygens (including phenoxy) is 1. The second-order valence-corrected chi connectivity index (χ2v) is 8.31. The van der Waals surface area contributed by atoms with Crippen LogP contribution in [0.5, 0.6) is 5.75 Å². The van der Waals surface area contributed by atoms with Crippen molar-refractivity contribution < 1.29 is 14.9 Å². The quantitative estimate of drug-likeness (QED) is 0.432. The third kappa shape index (κ3) is 4.46.